The lowest BCUT2D eigenvalue weighted by Gasteiger charge is -2.43. The van der Waals surface area contributed by atoms with Gasteiger partial charge in [-0.1, -0.05) is 95.3 Å². The van der Waals surface area contributed by atoms with Crippen molar-refractivity contribution in [2.24, 2.45) is 11.7 Å². The Morgan fingerprint density at radius 3 is 1.62 bits per heavy atom. The lowest BCUT2D eigenvalue weighted by molar-refractivity contribution is 0.245. The molecule has 0 spiro atoms. The largest absolute Gasteiger partial charge is 0.406 e. The van der Waals surface area contributed by atoms with Crippen LogP contribution in [0.25, 0.3) is 0 Å². The average molecular weight is 342 g/mol. The van der Waals surface area contributed by atoms with Gasteiger partial charge < -0.3 is 10.2 Å². The molecule has 0 aliphatic rings. The minimum absolute atomic E-state index is 0.00636. The van der Waals surface area contributed by atoms with Gasteiger partial charge in [-0.05, 0) is 21.3 Å². The van der Waals surface area contributed by atoms with E-state index < -0.39 is 8.32 Å². The van der Waals surface area contributed by atoms with E-state index in [-0.39, 0.29) is 11.1 Å². The average Bonchev–Trinajstić information content (AvgIpc) is 2.56. The molecule has 0 heterocycles. The van der Waals surface area contributed by atoms with E-state index in [2.05, 4.69) is 95.3 Å². The molecule has 0 radical (unpaired) electrons. The van der Waals surface area contributed by atoms with Crippen LogP contribution in [0.5, 0.6) is 0 Å². The van der Waals surface area contributed by atoms with Crippen molar-refractivity contribution >= 4 is 18.7 Å². The van der Waals surface area contributed by atoms with Crippen molar-refractivity contribution in [2.45, 2.75) is 45.7 Å². The highest BCUT2D eigenvalue weighted by Gasteiger charge is 2.50. The molecule has 24 heavy (non-hydrogen) atoms. The minimum atomic E-state index is -2.44. The third kappa shape index (κ3) is 3.80. The molecule has 1 atom stereocenters. The van der Waals surface area contributed by atoms with Gasteiger partial charge in [-0.15, -0.1) is 0 Å². The number of hydrogen-bond donors (Lipinski definition) is 1. The molecule has 2 rings (SSSR count). The normalized spacial score (nSPS) is 14.0. The molecule has 2 N–H and O–H groups in total. The van der Waals surface area contributed by atoms with Gasteiger partial charge in [0.2, 0.25) is 0 Å². The van der Waals surface area contributed by atoms with E-state index >= 15 is 0 Å². The van der Waals surface area contributed by atoms with Gasteiger partial charge in [0.1, 0.15) is 0 Å². The van der Waals surface area contributed by atoms with Crippen LogP contribution in [0.4, 0.5) is 0 Å². The van der Waals surface area contributed by atoms with Gasteiger partial charge in [0.25, 0.3) is 8.32 Å². The van der Waals surface area contributed by atoms with Crippen LogP contribution in [-0.2, 0) is 4.43 Å². The molecule has 3 heteroatoms. The molecule has 0 aromatic heterocycles. The Hall–Kier alpha value is -1.42. The minimum Gasteiger partial charge on any atom is -0.406 e. The summed E-state index contributed by atoms with van der Waals surface area (Å²) in [5, 5.41) is 2.62. The Kier molecular flexibility index (Phi) is 6.02. The molecule has 1 unspecified atom stereocenters. The van der Waals surface area contributed by atoms with Crippen LogP contribution in [0.3, 0.4) is 0 Å². The molecular weight excluding hydrogens is 310 g/mol. The van der Waals surface area contributed by atoms with Gasteiger partial charge in [0, 0.05) is 6.04 Å². The van der Waals surface area contributed by atoms with Crippen LogP contribution in [0.2, 0.25) is 5.04 Å². The first-order valence-electron chi connectivity index (χ1n) is 8.79. The summed E-state index contributed by atoms with van der Waals surface area (Å²) in [6.45, 7) is 11.8. The molecule has 0 fully saturated rings. The fraction of sp³-hybridized carbons (Fsp3) is 0.429. The molecule has 0 saturated heterocycles. The van der Waals surface area contributed by atoms with Gasteiger partial charge >= 0.3 is 0 Å². The van der Waals surface area contributed by atoms with Crippen molar-refractivity contribution in [3.05, 3.63) is 60.7 Å². The monoisotopic (exact) mass is 341 g/mol. The van der Waals surface area contributed by atoms with E-state index in [9.17, 15) is 0 Å². The molecule has 0 bridgehead atoms. The second kappa shape index (κ2) is 7.64. The molecule has 0 aliphatic carbocycles. The highest BCUT2D eigenvalue weighted by Crippen LogP contribution is 2.36. The van der Waals surface area contributed by atoms with Crippen molar-refractivity contribution in [2.75, 3.05) is 6.61 Å². The van der Waals surface area contributed by atoms with Crippen LogP contribution in [0.15, 0.2) is 60.7 Å². The van der Waals surface area contributed by atoms with E-state index in [0.29, 0.717) is 12.5 Å². The topological polar surface area (TPSA) is 35.2 Å². The number of hydrogen-bond acceptors (Lipinski definition) is 2. The third-order valence-electron chi connectivity index (χ3n) is 4.77. The van der Waals surface area contributed by atoms with Gasteiger partial charge in [0.15, 0.2) is 0 Å². The van der Waals surface area contributed by atoms with E-state index in [0.717, 1.165) is 0 Å². The molecule has 0 aliphatic heterocycles. The quantitative estimate of drug-likeness (QED) is 0.816. The first-order chi connectivity index (χ1) is 11.3. The van der Waals surface area contributed by atoms with Gasteiger partial charge in [-0.3, -0.25) is 0 Å². The first-order valence-corrected chi connectivity index (χ1v) is 10.7. The maximum atomic E-state index is 6.80. The number of rotatable bonds is 6. The maximum absolute atomic E-state index is 6.80. The standard InChI is InChI=1S/C21H31NOSi/c1-17(2)20(22)16-23-24(21(3,4)5,18-12-8-6-9-13-18)19-14-10-7-11-15-19/h6-15,17,20H,16,22H2,1-5H3. The van der Waals surface area contributed by atoms with E-state index in [1.807, 2.05) is 0 Å². The Labute approximate surface area is 148 Å². The first kappa shape index (κ1) is 18.9. The molecule has 0 saturated carbocycles. The Morgan fingerprint density at radius 2 is 1.29 bits per heavy atom. The third-order valence-corrected chi connectivity index (χ3v) is 9.77. The maximum Gasteiger partial charge on any atom is 0.261 e. The summed E-state index contributed by atoms with van der Waals surface area (Å²) in [6, 6.07) is 21.5. The smallest absolute Gasteiger partial charge is 0.261 e. The zero-order valence-electron chi connectivity index (χ0n) is 15.6. The number of benzene rings is 2. The number of nitrogens with two attached hydrogens (primary N) is 1. The van der Waals surface area contributed by atoms with Gasteiger partial charge in [-0.2, -0.15) is 0 Å². The molecule has 2 nitrogen and oxygen atoms in total. The van der Waals surface area contributed by atoms with Crippen molar-refractivity contribution in [1.29, 1.82) is 0 Å². The molecule has 0 amide bonds. The van der Waals surface area contributed by atoms with Crippen LogP contribution in [0, 0.1) is 5.92 Å². The predicted molar refractivity (Wildman–Crippen MR) is 106 cm³/mol. The van der Waals surface area contributed by atoms with E-state index in [1.165, 1.54) is 10.4 Å². The summed E-state index contributed by atoms with van der Waals surface area (Å²) in [4.78, 5) is 0. The highest BCUT2D eigenvalue weighted by atomic mass is 28.4. The van der Waals surface area contributed by atoms with E-state index in [4.69, 9.17) is 10.2 Å². The van der Waals surface area contributed by atoms with Gasteiger partial charge in [-0.25, -0.2) is 0 Å². The fourth-order valence-electron chi connectivity index (χ4n) is 3.18. The van der Waals surface area contributed by atoms with Crippen LogP contribution >= 0.6 is 0 Å². The Morgan fingerprint density at radius 1 is 0.875 bits per heavy atom. The molecule has 130 valence electrons. The Balaban J connectivity index is 2.57. The Bertz CT molecular complexity index is 580. The summed E-state index contributed by atoms with van der Waals surface area (Å²) < 4.78 is 6.80. The van der Waals surface area contributed by atoms with Gasteiger partial charge in [0.05, 0.1) is 6.61 Å². The lowest BCUT2D eigenvalue weighted by Crippen LogP contribution is -2.67. The predicted octanol–water partition coefficient (Wildman–Crippen LogP) is 3.55. The molecule has 2 aromatic carbocycles. The summed E-state index contributed by atoms with van der Waals surface area (Å²) >= 11 is 0. The second-order valence-electron chi connectivity index (χ2n) is 7.88. The zero-order chi connectivity index (χ0) is 17.8. The lowest BCUT2D eigenvalue weighted by atomic mass is 10.1. The SMILES string of the molecule is CC(C)C(N)CO[Si](c1ccccc1)(c1ccccc1)C(C)(C)C. The summed E-state index contributed by atoms with van der Waals surface area (Å²) in [7, 11) is -2.44. The zero-order valence-corrected chi connectivity index (χ0v) is 16.6. The van der Waals surface area contributed by atoms with Crippen molar-refractivity contribution in [1.82, 2.24) is 0 Å². The second-order valence-corrected chi connectivity index (χ2v) is 12.2. The molecular formula is C21H31NOSi. The van der Waals surface area contributed by atoms with Crippen molar-refractivity contribution in [3.63, 3.8) is 0 Å². The molecule has 2 aromatic rings. The fourth-order valence-corrected chi connectivity index (χ4v) is 7.77. The summed E-state index contributed by atoms with van der Waals surface area (Å²) in [5.41, 5.74) is 6.32. The van der Waals surface area contributed by atoms with Crippen LogP contribution in [-0.4, -0.2) is 21.0 Å². The van der Waals surface area contributed by atoms with Crippen LogP contribution < -0.4 is 16.1 Å². The van der Waals surface area contributed by atoms with Crippen molar-refractivity contribution < 1.29 is 4.43 Å². The summed E-state index contributed by atoms with van der Waals surface area (Å²) in [6.07, 6.45) is 0. The van der Waals surface area contributed by atoms with E-state index in [1.54, 1.807) is 0 Å². The van der Waals surface area contributed by atoms with Crippen LogP contribution in [0.1, 0.15) is 34.6 Å². The van der Waals surface area contributed by atoms with Crippen molar-refractivity contribution in [3.8, 4) is 0 Å². The highest BCUT2D eigenvalue weighted by molar-refractivity contribution is 6.99. The summed E-state index contributed by atoms with van der Waals surface area (Å²) in [5.74, 6) is 0.406.